The van der Waals surface area contributed by atoms with Crippen LogP contribution >= 0.6 is 0 Å². The van der Waals surface area contributed by atoms with Gasteiger partial charge in [0.25, 0.3) is 0 Å². The topological polar surface area (TPSA) is 69.7 Å². The fourth-order valence-corrected chi connectivity index (χ4v) is 7.28. The molecule has 7 rings (SSSR count). The molecule has 5 aromatic carbocycles. The summed E-state index contributed by atoms with van der Waals surface area (Å²) in [6, 6.07) is 33.9. The Morgan fingerprint density at radius 3 is 1.81 bits per heavy atom. The minimum absolute atomic E-state index is 0.376. The molecule has 1 unspecified atom stereocenters. The van der Waals surface area contributed by atoms with Gasteiger partial charge in [0.05, 0.1) is 31.6 Å². The van der Waals surface area contributed by atoms with Crippen LogP contribution in [0.25, 0.3) is 0 Å². The van der Waals surface area contributed by atoms with E-state index < -0.39 is 5.60 Å². The van der Waals surface area contributed by atoms with Crippen LogP contribution in [0.5, 0.6) is 28.7 Å². The third-order valence-corrected chi connectivity index (χ3v) is 10.1. The number of hydrogen-bond donors (Lipinski definition) is 0. The highest BCUT2D eigenvalue weighted by molar-refractivity contribution is 5.97. The van der Waals surface area contributed by atoms with Crippen LogP contribution in [-0.4, -0.2) is 39.4 Å². The SMILES string of the molecule is CCCCOc1ccc(N(c2ccc(OCCCC)cc2)c2cc3c(cc2OC)Oc2cc(N(CC)CC)ccc2C32OC(=O)c3ccccc32)cc1. The number of esters is 1. The Morgan fingerprint density at radius 1 is 0.642 bits per heavy atom. The zero-order valence-electron chi connectivity index (χ0n) is 31.3. The summed E-state index contributed by atoms with van der Waals surface area (Å²) in [7, 11) is 1.66. The molecule has 5 aromatic rings. The van der Waals surface area contributed by atoms with Gasteiger partial charge >= 0.3 is 5.97 Å². The highest BCUT2D eigenvalue weighted by Gasteiger charge is 2.54. The van der Waals surface area contributed by atoms with E-state index in [1.807, 2.05) is 97.1 Å². The maximum atomic E-state index is 13.7. The lowest BCUT2D eigenvalue weighted by Crippen LogP contribution is -2.33. The Morgan fingerprint density at radius 2 is 1.23 bits per heavy atom. The lowest BCUT2D eigenvalue weighted by Gasteiger charge is -2.38. The second-order valence-corrected chi connectivity index (χ2v) is 13.3. The third kappa shape index (κ3) is 6.63. The average Bonchev–Trinajstić information content (AvgIpc) is 3.48. The number of hydrogen-bond acceptors (Lipinski definition) is 8. The number of anilines is 4. The van der Waals surface area contributed by atoms with Gasteiger partial charge in [0.2, 0.25) is 0 Å². The smallest absolute Gasteiger partial charge is 0.340 e. The van der Waals surface area contributed by atoms with Crippen molar-refractivity contribution in [3.05, 3.63) is 125 Å². The quantitative estimate of drug-likeness (QED) is 0.0785. The Labute approximate surface area is 312 Å². The van der Waals surface area contributed by atoms with E-state index in [1.165, 1.54) is 0 Å². The van der Waals surface area contributed by atoms with Gasteiger partial charge in [-0.3, -0.25) is 0 Å². The van der Waals surface area contributed by atoms with Crippen molar-refractivity contribution in [2.75, 3.05) is 43.2 Å². The van der Waals surface area contributed by atoms with Crippen LogP contribution in [0.15, 0.2) is 103 Å². The minimum Gasteiger partial charge on any atom is -0.494 e. The molecule has 2 heterocycles. The number of rotatable bonds is 15. The number of methoxy groups -OCH3 is 1. The van der Waals surface area contributed by atoms with Crippen molar-refractivity contribution in [3.63, 3.8) is 0 Å². The molecule has 1 atom stereocenters. The largest absolute Gasteiger partial charge is 0.494 e. The van der Waals surface area contributed by atoms with E-state index in [0.29, 0.717) is 41.6 Å². The second kappa shape index (κ2) is 15.5. The van der Waals surface area contributed by atoms with Gasteiger partial charge < -0.3 is 33.5 Å². The van der Waals surface area contributed by atoms with Crippen molar-refractivity contribution in [1.29, 1.82) is 0 Å². The first-order valence-corrected chi connectivity index (χ1v) is 18.8. The summed E-state index contributed by atoms with van der Waals surface area (Å²) in [5, 5.41) is 0. The Hall–Kier alpha value is -5.63. The van der Waals surface area contributed by atoms with Crippen LogP contribution in [0.2, 0.25) is 0 Å². The van der Waals surface area contributed by atoms with Gasteiger partial charge in [0.15, 0.2) is 5.60 Å². The van der Waals surface area contributed by atoms with E-state index in [4.69, 9.17) is 23.7 Å². The van der Waals surface area contributed by atoms with Crippen molar-refractivity contribution >= 4 is 28.7 Å². The molecule has 2 aliphatic rings. The fraction of sp³-hybridized carbons (Fsp3) is 0.311. The first-order chi connectivity index (χ1) is 25.9. The van der Waals surface area contributed by atoms with E-state index in [9.17, 15) is 4.79 Å². The van der Waals surface area contributed by atoms with Gasteiger partial charge in [-0.1, -0.05) is 44.9 Å². The summed E-state index contributed by atoms with van der Waals surface area (Å²) in [5.74, 6) is 3.02. The van der Waals surface area contributed by atoms with Gasteiger partial charge in [0.1, 0.15) is 28.7 Å². The molecule has 0 fully saturated rings. The van der Waals surface area contributed by atoms with E-state index in [-0.39, 0.29) is 5.97 Å². The highest BCUT2D eigenvalue weighted by atomic mass is 16.6. The van der Waals surface area contributed by atoms with Crippen LogP contribution in [0.1, 0.15) is 80.4 Å². The standard InChI is InChI=1S/C45H48N2O6/c1-6-10-26-50-34-21-16-31(17-22-34)47(32-18-23-35(24-19-32)51-27-11-7-2)40-29-39-42(30-43(40)49-5)52-41-28-33(46(8-3)9-4)20-25-38(41)45(39)37-15-13-12-14-36(37)44(48)53-45/h12-25,28-30H,6-11,26-27H2,1-5H3. The number of unbranched alkanes of at least 4 members (excludes halogenated alkanes) is 2. The van der Waals surface area contributed by atoms with E-state index in [0.717, 1.165) is 84.1 Å². The fourth-order valence-electron chi connectivity index (χ4n) is 7.28. The molecule has 8 heteroatoms. The number of nitrogens with zero attached hydrogens (tertiary/aromatic N) is 2. The lowest BCUT2D eigenvalue weighted by atomic mass is 9.77. The molecule has 0 saturated carbocycles. The van der Waals surface area contributed by atoms with Gasteiger partial charge in [-0.15, -0.1) is 0 Å². The van der Waals surface area contributed by atoms with E-state index >= 15 is 0 Å². The summed E-state index contributed by atoms with van der Waals surface area (Å²) >= 11 is 0. The molecule has 0 aromatic heterocycles. The van der Waals surface area contributed by atoms with Crippen molar-refractivity contribution in [1.82, 2.24) is 0 Å². The zero-order valence-corrected chi connectivity index (χ0v) is 31.3. The molecule has 2 aliphatic heterocycles. The summed E-state index contributed by atoms with van der Waals surface area (Å²) in [6.07, 6.45) is 4.11. The first kappa shape index (κ1) is 35.8. The molecule has 8 nitrogen and oxygen atoms in total. The average molecular weight is 713 g/mol. The molecular weight excluding hydrogens is 665 g/mol. The van der Waals surface area contributed by atoms with Crippen LogP contribution < -0.4 is 28.7 Å². The molecule has 53 heavy (non-hydrogen) atoms. The maximum absolute atomic E-state index is 13.7. The highest BCUT2D eigenvalue weighted by Crippen LogP contribution is 2.59. The van der Waals surface area contributed by atoms with E-state index in [1.54, 1.807) is 7.11 Å². The van der Waals surface area contributed by atoms with Crippen molar-refractivity contribution in [2.24, 2.45) is 0 Å². The van der Waals surface area contributed by atoms with Crippen molar-refractivity contribution in [3.8, 4) is 28.7 Å². The summed E-state index contributed by atoms with van der Waals surface area (Å²) in [4.78, 5) is 18.1. The second-order valence-electron chi connectivity index (χ2n) is 13.3. The van der Waals surface area contributed by atoms with Crippen LogP contribution in [0, 0.1) is 0 Å². The van der Waals surface area contributed by atoms with E-state index in [2.05, 4.69) is 43.6 Å². The summed E-state index contributed by atoms with van der Waals surface area (Å²) < 4.78 is 31.5. The summed E-state index contributed by atoms with van der Waals surface area (Å²) in [5.41, 5.74) is 5.10. The number of carbonyl (C=O) groups is 1. The van der Waals surface area contributed by atoms with Gasteiger partial charge in [-0.25, -0.2) is 4.79 Å². The van der Waals surface area contributed by atoms with Crippen molar-refractivity contribution in [2.45, 2.75) is 59.0 Å². The predicted molar refractivity (Wildman–Crippen MR) is 210 cm³/mol. The van der Waals surface area contributed by atoms with Crippen LogP contribution in [-0.2, 0) is 10.3 Å². The van der Waals surface area contributed by atoms with Crippen LogP contribution in [0.4, 0.5) is 22.7 Å². The first-order valence-electron chi connectivity index (χ1n) is 18.8. The number of carbonyl (C=O) groups excluding carboxylic acids is 1. The molecule has 274 valence electrons. The Kier molecular flexibility index (Phi) is 10.5. The number of benzene rings is 5. The monoisotopic (exact) mass is 712 g/mol. The normalized spacial score (nSPS) is 15.2. The molecule has 0 saturated heterocycles. The maximum Gasteiger partial charge on any atom is 0.340 e. The predicted octanol–water partition coefficient (Wildman–Crippen LogP) is 10.9. The molecule has 0 aliphatic carbocycles. The molecule has 0 amide bonds. The molecular formula is C45H48N2O6. The van der Waals surface area contributed by atoms with Crippen LogP contribution in [0.3, 0.4) is 0 Å². The molecule has 0 N–H and O–H groups in total. The zero-order chi connectivity index (χ0) is 37.0. The molecule has 0 bridgehead atoms. The van der Waals surface area contributed by atoms with Gasteiger partial charge in [-0.05, 0) is 99.5 Å². The van der Waals surface area contributed by atoms with Gasteiger partial charge in [0, 0.05) is 59.0 Å². The summed E-state index contributed by atoms with van der Waals surface area (Å²) in [6.45, 7) is 11.6. The minimum atomic E-state index is -1.25. The Balaban J connectivity index is 1.41. The number of ether oxygens (including phenoxy) is 5. The Bertz CT molecular complexity index is 2000. The number of fused-ring (bicyclic) bond motifs is 6. The van der Waals surface area contributed by atoms with Crippen molar-refractivity contribution < 1.29 is 28.5 Å². The lowest BCUT2D eigenvalue weighted by molar-refractivity contribution is 0.0224. The third-order valence-electron chi connectivity index (χ3n) is 10.1. The molecule has 0 radical (unpaired) electrons. The molecule has 1 spiro atoms. The van der Waals surface area contributed by atoms with Gasteiger partial charge in [-0.2, -0.15) is 0 Å².